The highest BCUT2D eigenvalue weighted by molar-refractivity contribution is 7.89. The first-order valence-electron chi connectivity index (χ1n) is 9.33. The highest BCUT2D eigenvalue weighted by Gasteiger charge is 2.60. The van der Waals surface area contributed by atoms with E-state index in [1.165, 1.54) is 6.20 Å². The number of carbonyl (C=O) groups is 1. The lowest BCUT2D eigenvalue weighted by atomic mass is 9.82. The molecule has 3 aliphatic heterocycles. The zero-order chi connectivity index (χ0) is 19.6. The number of amides is 1. The Morgan fingerprint density at radius 1 is 1.21 bits per heavy atom. The van der Waals surface area contributed by atoms with Crippen molar-refractivity contribution >= 4 is 27.5 Å². The second-order valence-electron chi connectivity index (χ2n) is 7.86. The summed E-state index contributed by atoms with van der Waals surface area (Å²) in [4.78, 5) is 14.7. The largest absolute Gasteiger partial charge is 0.337 e. The molecule has 3 aliphatic rings. The summed E-state index contributed by atoms with van der Waals surface area (Å²) >= 11 is 6.08. The van der Waals surface area contributed by atoms with Crippen LogP contribution in [0.3, 0.4) is 0 Å². The number of carbonyl (C=O) groups excluding carboxylic acids is 1. The molecule has 1 aromatic heterocycles. The van der Waals surface area contributed by atoms with Crippen LogP contribution in [0, 0.1) is 18.8 Å². The predicted octanol–water partition coefficient (Wildman–Crippen LogP) is 1.69. The van der Waals surface area contributed by atoms with Gasteiger partial charge in [0.05, 0.1) is 11.1 Å². The van der Waals surface area contributed by atoms with Crippen LogP contribution >= 0.6 is 11.6 Å². The normalized spacial score (nSPS) is 29.4. The Hall–Kier alpha value is -1.97. The van der Waals surface area contributed by atoms with E-state index in [9.17, 15) is 13.2 Å². The molecule has 4 heterocycles. The summed E-state index contributed by atoms with van der Waals surface area (Å²) in [7, 11) is -3.63. The van der Waals surface area contributed by atoms with E-state index in [2.05, 4.69) is 15.4 Å². The van der Waals surface area contributed by atoms with Gasteiger partial charge >= 0.3 is 0 Å². The van der Waals surface area contributed by atoms with E-state index in [0.29, 0.717) is 29.4 Å². The summed E-state index contributed by atoms with van der Waals surface area (Å²) in [6.45, 7) is 2.91. The van der Waals surface area contributed by atoms with Crippen molar-refractivity contribution < 1.29 is 13.2 Å². The van der Waals surface area contributed by atoms with Crippen molar-refractivity contribution in [1.82, 2.24) is 24.6 Å². The standard InChI is InChI=1S/C18H20ClN5O3S/c1-10-2-3-11(19)6-17(10)28(26,27)24-15-4-5-16(24)13-9-23(8-12(13)15)18(25)14-7-20-22-21-14/h2-3,6-7,12-13,15-16H,4-5,8-9H2,1H3,(H,20,21,22)/t12-,13+,15+,16-. The van der Waals surface area contributed by atoms with Gasteiger partial charge in [-0.05, 0) is 49.3 Å². The number of hydrogen-bond donors (Lipinski definition) is 1. The van der Waals surface area contributed by atoms with E-state index < -0.39 is 10.0 Å². The molecule has 0 spiro atoms. The minimum atomic E-state index is -3.63. The van der Waals surface area contributed by atoms with E-state index in [1.54, 1.807) is 34.3 Å². The minimum absolute atomic E-state index is 0.0731. The van der Waals surface area contributed by atoms with Gasteiger partial charge in [-0.15, -0.1) is 5.10 Å². The summed E-state index contributed by atoms with van der Waals surface area (Å²) < 4.78 is 28.6. The number of rotatable bonds is 3. The van der Waals surface area contributed by atoms with Crippen molar-refractivity contribution in [2.24, 2.45) is 11.8 Å². The number of hydrogen-bond acceptors (Lipinski definition) is 5. The van der Waals surface area contributed by atoms with E-state index in [4.69, 9.17) is 11.6 Å². The zero-order valence-electron chi connectivity index (χ0n) is 15.2. The molecule has 148 valence electrons. The first-order valence-corrected chi connectivity index (χ1v) is 11.1. The Balaban J connectivity index is 1.43. The number of benzene rings is 1. The average molecular weight is 422 g/mol. The van der Waals surface area contributed by atoms with Gasteiger partial charge in [-0.25, -0.2) is 8.42 Å². The molecule has 1 aromatic carbocycles. The lowest BCUT2D eigenvalue weighted by Crippen LogP contribution is -2.41. The number of halogens is 1. The first kappa shape index (κ1) is 18.1. The smallest absolute Gasteiger partial charge is 0.273 e. The van der Waals surface area contributed by atoms with Crippen LogP contribution in [0.5, 0.6) is 0 Å². The highest BCUT2D eigenvalue weighted by Crippen LogP contribution is 2.51. The van der Waals surface area contributed by atoms with Crippen LogP contribution in [-0.2, 0) is 10.0 Å². The zero-order valence-corrected chi connectivity index (χ0v) is 16.8. The monoisotopic (exact) mass is 421 g/mol. The van der Waals surface area contributed by atoms with Gasteiger partial charge < -0.3 is 4.90 Å². The van der Waals surface area contributed by atoms with Crippen LogP contribution in [0.2, 0.25) is 5.02 Å². The summed E-state index contributed by atoms with van der Waals surface area (Å²) in [5, 5.41) is 10.3. The number of aromatic nitrogens is 3. The van der Waals surface area contributed by atoms with Crippen LogP contribution in [0.4, 0.5) is 0 Å². The fourth-order valence-electron chi connectivity index (χ4n) is 5.28. The third-order valence-electron chi connectivity index (χ3n) is 6.45. The van der Waals surface area contributed by atoms with Gasteiger partial charge in [0.2, 0.25) is 10.0 Å². The molecule has 3 saturated heterocycles. The van der Waals surface area contributed by atoms with Crippen molar-refractivity contribution in [1.29, 1.82) is 0 Å². The molecule has 3 fully saturated rings. The molecule has 0 saturated carbocycles. The Bertz CT molecular complexity index is 1020. The molecule has 8 nitrogen and oxygen atoms in total. The third-order valence-corrected chi connectivity index (χ3v) is 8.78. The molecule has 0 aliphatic carbocycles. The van der Waals surface area contributed by atoms with Crippen molar-refractivity contribution in [3.05, 3.63) is 40.7 Å². The summed E-state index contributed by atoms with van der Waals surface area (Å²) in [5.41, 5.74) is 1.07. The summed E-state index contributed by atoms with van der Waals surface area (Å²) in [6, 6.07) is 4.84. The molecular formula is C18H20ClN5O3S. The Kier molecular flexibility index (Phi) is 4.05. The second kappa shape index (κ2) is 6.27. The van der Waals surface area contributed by atoms with Gasteiger partial charge in [-0.3, -0.25) is 9.89 Å². The summed E-state index contributed by atoms with van der Waals surface area (Å²) in [6.07, 6.45) is 3.08. The van der Waals surface area contributed by atoms with Gasteiger partial charge in [0, 0.05) is 30.2 Å². The molecular weight excluding hydrogens is 402 g/mol. The number of aryl methyl sites for hydroxylation is 1. The van der Waals surface area contributed by atoms with Gasteiger partial charge in [-0.2, -0.15) is 4.31 Å². The molecule has 1 N–H and O–H groups in total. The van der Waals surface area contributed by atoms with E-state index >= 15 is 0 Å². The SMILES string of the molecule is Cc1ccc(Cl)cc1S(=O)(=O)N1[C@@H]2CC[C@H]1[C@@H]1CN(C(=O)c3cnn[nH]3)C[C@@H]12. The van der Waals surface area contributed by atoms with Gasteiger partial charge in [0.1, 0.15) is 5.69 Å². The second-order valence-corrected chi connectivity index (χ2v) is 10.1. The van der Waals surface area contributed by atoms with Crippen molar-refractivity contribution in [3.8, 4) is 0 Å². The fraction of sp³-hybridized carbons (Fsp3) is 0.500. The van der Waals surface area contributed by atoms with Gasteiger partial charge in [0.25, 0.3) is 5.91 Å². The van der Waals surface area contributed by atoms with Crippen LogP contribution in [0.15, 0.2) is 29.3 Å². The predicted molar refractivity (Wildman–Crippen MR) is 101 cm³/mol. The van der Waals surface area contributed by atoms with Crippen molar-refractivity contribution in [2.45, 2.75) is 36.7 Å². The molecule has 28 heavy (non-hydrogen) atoms. The number of nitrogens with one attached hydrogen (secondary N) is 1. The number of likely N-dealkylation sites (tertiary alicyclic amines) is 1. The molecule has 5 rings (SSSR count). The lowest BCUT2D eigenvalue weighted by Gasteiger charge is -2.27. The van der Waals surface area contributed by atoms with Crippen LogP contribution in [0.25, 0.3) is 0 Å². The van der Waals surface area contributed by atoms with Crippen molar-refractivity contribution in [2.75, 3.05) is 13.1 Å². The number of fused-ring (bicyclic) bond motifs is 5. The topological polar surface area (TPSA) is 99.3 Å². The number of sulfonamides is 1. The maximum absolute atomic E-state index is 13.5. The molecule has 1 amide bonds. The van der Waals surface area contributed by atoms with Crippen LogP contribution < -0.4 is 0 Å². The van der Waals surface area contributed by atoms with E-state index in [0.717, 1.165) is 12.8 Å². The Morgan fingerprint density at radius 2 is 1.89 bits per heavy atom. The van der Waals surface area contributed by atoms with Crippen LogP contribution in [0.1, 0.15) is 28.9 Å². The molecule has 4 atom stereocenters. The number of H-pyrrole nitrogens is 1. The average Bonchev–Trinajstić information content (AvgIpc) is 3.43. The first-order chi connectivity index (χ1) is 13.4. The summed E-state index contributed by atoms with van der Waals surface area (Å²) in [5.74, 6) is 0.194. The minimum Gasteiger partial charge on any atom is -0.337 e. The molecule has 0 radical (unpaired) electrons. The molecule has 0 unspecified atom stereocenters. The Morgan fingerprint density at radius 3 is 2.50 bits per heavy atom. The van der Waals surface area contributed by atoms with E-state index in [-0.39, 0.29) is 34.7 Å². The number of nitrogens with zero attached hydrogens (tertiary/aromatic N) is 4. The molecule has 10 heteroatoms. The van der Waals surface area contributed by atoms with Gasteiger partial charge in [0.15, 0.2) is 0 Å². The quantitative estimate of drug-likeness (QED) is 0.812. The molecule has 2 bridgehead atoms. The third kappa shape index (κ3) is 2.53. The fourth-order valence-corrected chi connectivity index (χ4v) is 7.73. The van der Waals surface area contributed by atoms with Crippen LogP contribution in [-0.4, -0.2) is 64.1 Å². The maximum Gasteiger partial charge on any atom is 0.273 e. The Labute approximate surface area is 167 Å². The van der Waals surface area contributed by atoms with Crippen molar-refractivity contribution in [3.63, 3.8) is 0 Å². The molecule has 2 aromatic rings. The van der Waals surface area contributed by atoms with E-state index in [1.807, 2.05) is 0 Å². The maximum atomic E-state index is 13.5. The number of aromatic amines is 1. The lowest BCUT2D eigenvalue weighted by molar-refractivity contribution is 0.0767. The van der Waals surface area contributed by atoms with Gasteiger partial charge in [-0.1, -0.05) is 22.9 Å². The highest BCUT2D eigenvalue weighted by atomic mass is 35.5.